The summed E-state index contributed by atoms with van der Waals surface area (Å²) in [6, 6.07) is 7.57. The number of piperidine rings is 1. The molecule has 0 atom stereocenters. The number of nitrogens with two attached hydrogens (primary N) is 1. The van der Waals surface area contributed by atoms with E-state index in [0.717, 1.165) is 37.4 Å². The van der Waals surface area contributed by atoms with E-state index in [1.54, 1.807) is 0 Å². The standard InChI is InChI=1S/C15H22N2O2/c1-12-5-7-17(8-6-12)15(18)11-19-14-4-2-3-13(9-14)10-16/h2-4,9,12H,5-8,10-11,16H2,1H3. The van der Waals surface area contributed by atoms with Gasteiger partial charge in [-0.05, 0) is 36.5 Å². The highest BCUT2D eigenvalue weighted by Crippen LogP contribution is 2.17. The first-order chi connectivity index (χ1) is 9.19. The Bertz CT molecular complexity index is 426. The van der Waals surface area contributed by atoms with Crippen molar-refractivity contribution in [2.24, 2.45) is 11.7 Å². The van der Waals surface area contributed by atoms with Crippen molar-refractivity contribution in [1.29, 1.82) is 0 Å². The molecule has 1 aromatic rings. The van der Waals surface area contributed by atoms with Crippen LogP contribution in [0, 0.1) is 5.92 Å². The number of carbonyl (C=O) groups excluding carboxylic acids is 1. The molecule has 0 radical (unpaired) electrons. The van der Waals surface area contributed by atoms with Crippen molar-refractivity contribution in [3.8, 4) is 5.75 Å². The van der Waals surface area contributed by atoms with E-state index in [1.165, 1.54) is 0 Å². The van der Waals surface area contributed by atoms with Crippen LogP contribution < -0.4 is 10.5 Å². The van der Waals surface area contributed by atoms with Crippen LogP contribution >= 0.6 is 0 Å². The van der Waals surface area contributed by atoms with Crippen molar-refractivity contribution in [3.05, 3.63) is 29.8 Å². The predicted molar refractivity (Wildman–Crippen MR) is 74.8 cm³/mol. The van der Waals surface area contributed by atoms with Gasteiger partial charge in [-0.25, -0.2) is 0 Å². The van der Waals surface area contributed by atoms with Crippen molar-refractivity contribution >= 4 is 5.91 Å². The predicted octanol–water partition coefficient (Wildman–Crippen LogP) is 1.78. The van der Waals surface area contributed by atoms with Crippen molar-refractivity contribution < 1.29 is 9.53 Å². The summed E-state index contributed by atoms with van der Waals surface area (Å²) in [7, 11) is 0. The van der Waals surface area contributed by atoms with Gasteiger partial charge in [0.15, 0.2) is 6.61 Å². The smallest absolute Gasteiger partial charge is 0.260 e. The molecule has 1 aliphatic rings. The number of rotatable bonds is 4. The van der Waals surface area contributed by atoms with Gasteiger partial charge in [-0.2, -0.15) is 0 Å². The molecule has 19 heavy (non-hydrogen) atoms. The zero-order valence-electron chi connectivity index (χ0n) is 11.5. The second-order valence-corrected chi connectivity index (χ2v) is 5.20. The van der Waals surface area contributed by atoms with Gasteiger partial charge in [0.1, 0.15) is 5.75 Å². The monoisotopic (exact) mass is 262 g/mol. The Hall–Kier alpha value is -1.55. The number of benzene rings is 1. The summed E-state index contributed by atoms with van der Waals surface area (Å²) in [5.74, 6) is 1.51. The van der Waals surface area contributed by atoms with Gasteiger partial charge in [-0.3, -0.25) is 4.79 Å². The van der Waals surface area contributed by atoms with Crippen LogP contribution in [0.2, 0.25) is 0 Å². The molecule has 1 aromatic carbocycles. The van der Waals surface area contributed by atoms with E-state index in [4.69, 9.17) is 10.5 Å². The molecule has 1 amide bonds. The van der Waals surface area contributed by atoms with Crippen molar-refractivity contribution in [2.45, 2.75) is 26.3 Å². The van der Waals surface area contributed by atoms with Crippen molar-refractivity contribution in [1.82, 2.24) is 4.90 Å². The Balaban J connectivity index is 1.82. The van der Waals surface area contributed by atoms with E-state index in [9.17, 15) is 4.79 Å². The van der Waals surface area contributed by atoms with Gasteiger partial charge in [-0.15, -0.1) is 0 Å². The molecule has 2 rings (SSSR count). The van der Waals surface area contributed by atoms with Gasteiger partial charge < -0.3 is 15.4 Å². The van der Waals surface area contributed by atoms with Crippen molar-refractivity contribution in [3.63, 3.8) is 0 Å². The maximum atomic E-state index is 12.0. The first kappa shape index (κ1) is 13.9. The number of nitrogens with zero attached hydrogens (tertiary/aromatic N) is 1. The fourth-order valence-electron chi connectivity index (χ4n) is 2.26. The van der Waals surface area contributed by atoms with Gasteiger partial charge in [0.25, 0.3) is 5.91 Å². The summed E-state index contributed by atoms with van der Waals surface area (Å²) in [5.41, 5.74) is 6.58. The molecule has 1 heterocycles. The lowest BCUT2D eigenvalue weighted by molar-refractivity contribution is -0.134. The highest BCUT2D eigenvalue weighted by molar-refractivity contribution is 5.77. The molecule has 0 aliphatic carbocycles. The minimum atomic E-state index is 0.0741. The second kappa shape index (κ2) is 6.57. The number of carbonyl (C=O) groups is 1. The Kier molecular flexibility index (Phi) is 4.80. The maximum absolute atomic E-state index is 12.0. The molecule has 0 saturated carbocycles. The molecular weight excluding hydrogens is 240 g/mol. The van der Waals surface area contributed by atoms with Gasteiger partial charge in [0.05, 0.1) is 0 Å². The van der Waals surface area contributed by atoms with E-state index in [0.29, 0.717) is 12.3 Å². The lowest BCUT2D eigenvalue weighted by atomic mass is 9.99. The first-order valence-electron chi connectivity index (χ1n) is 6.88. The summed E-state index contributed by atoms with van der Waals surface area (Å²) >= 11 is 0. The second-order valence-electron chi connectivity index (χ2n) is 5.20. The number of likely N-dealkylation sites (tertiary alicyclic amines) is 1. The van der Waals surface area contributed by atoms with E-state index in [1.807, 2.05) is 29.2 Å². The fraction of sp³-hybridized carbons (Fsp3) is 0.533. The third-order valence-electron chi connectivity index (χ3n) is 3.63. The molecule has 1 aliphatic heterocycles. The van der Waals surface area contributed by atoms with E-state index < -0.39 is 0 Å². The lowest BCUT2D eigenvalue weighted by Gasteiger charge is -2.30. The normalized spacial score (nSPS) is 16.4. The van der Waals surface area contributed by atoms with Crippen LogP contribution in [0.1, 0.15) is 25.3 Å². The molecule has 0 bridgehead atoms. The van der Waals surface area contributed by atoms with Crippen LogP contribution in [-0.4, -0.2) is 30.5 Å². The molecule has 4 nitrogen and oxygen atoms in total. The van der Waals surface area contributed by atoms with Gasteiger partial charge in [0.2, 0.25) is 0 Å². The SMILES string of the molecule is CC1CCN(C(=O)COc2cccc(CN)c2)CC1. The lowest BCUT2D eigenvalue weighted by Crippen LogP contribution is -2.40. The van der Waals surface area contributed by atoms with Crippen LogP contribution in [0.5, 0.6) is 5.75 Å². The average Bonchev–Trinajstić information content (AvgIpc) is 2.46. The van der Waals surface area contributed by atoms with E-state index >= 15 is 0 Å². The summed E-state index contributed by atoms with van der Waals surface area (Å²) in [6.07, 6.45) is 2.18. The summed E-state index contributed by atoms with van der Waals surface area (Å²) < 4.78 is 5.54. The Morgan fingerprint density at radius 3 is 2.84 bits per heavy atom. The molecule has 4 heteroatoms. The third kappa shape index (κ3) is 3.96. The summed E-state index contributed by atoms with van der Waals surface area (Å²) in [4.78, 5) is 13.9. The van der Waals surface area contributed by atoms with Crippen LogP contribution in [0.3, 0.4) is 0 Å². The van der Waals surface area contributed by atoms with E-state index in [2.05, 4.69) is 6.92 Å². The van der Waals surface area contributed by atoms with Crippen molar-refractivity contribution in [2.75, 3.05) is 19.7 Å². The van der Waals surface area contributed by atoms with E-state index in [-0.39, 0.29) is 12.5 Å². The highest BCUT2D eigenvalue weighted by Gasteiger charge is 2.20. The van der Waals surface area contributed by atoms with Gasteiger partial charge in [0, 0.05) is 19.6 Å². The highest BCUT2D eigenvalue weighted by atomic mass is 16.5. The fourth-order valence-corrected chi connectivity index (χ4v) is 2.26. The largest absolute Gasteiger partial charge is 0.484 e. The topological polar surface area (TPSA) is 55.6 Å². The van der Waals surface area contributed by atoms with Gasteiger partial charge in [-0.1, -0.05) is 19.1 Å². The Labute approximate surface area is 114 Å². The maximum Gasteiger partial charge on any atom is 0.260 e. The van der Waals surface area contributed by atoms with Crippen LogP contribution in [0.25, 0.3) is 0 Å². The van der Waals surface area contributed by atoms with Crippen LogP contribution in [0.4, 0.5) is 0 Å². The zero-order chi connectivity index (χ0) is 13.7. The van der Waals surface area contributed by atoms with Crippen LogP contribution in [-0.2, 0) is 11.3 Å². The molecule has 104 valence electrons. The number of hydrogen-bond donors (Lipinski definition) is 1. The summed E-state index contributed by atoms with van der Waals surface area (Å²) in [6.45, 7) is 4.53. The zero-order valence-corrected chi connectivity index (χ0v) is 11.5. The Morgan fingerprint density at radius 2 is 2.16 bits per heavy atom. The third-order valence-corrected chi connectivity index (χ3v) is 3.63. The molecule has 0 aromatic heterocycles. The minimum absolute atomic E-state index is 0.0741. The van der Waals surface area contributed by atoms with Crippen LogP contribution in [0.15, 0.2) is 24.3 Å². The van der Waals surface area contributed by atoms with Gasteiger partial charge >= 0.3 is 0 Å². The first-order valence-corrected chi connectivity index (χ1v) is 6.88. The average molecular weight is 262 g/mol. The molecule has 0 spiro atoms. The number of hydrogen-bond acceptors (Lipinski definition) is 3. The minimum Gasteiger partial charge on any atom is -0.484 e. The number of ether oxygens (including phenoxy) is 1. The molecule has 2 N–H and O–H groups in total. The quantitative estimate of drug-likeness (QED) is 0.900. The summed E-state index contributed by atoms with van der Waals surface area (Å²) in [5, 5.41) is 0. The molecule has 0 unspecified atom stereocenters. The Morgan fingerprint density at radius 1 is 1.42 bits per heavy atom. The molecule has 1 fully saturated rings. The molecule has 1 saturated heterocycles. The number of amides is 1. The molecular formula is C15H22N2O2.